The minimum Gasteiger partial charge on any atom is -0.393 e. The molecule has 2 aromatic rings. The first-order valence-corrected chi connectivity index (χ1v) is 7.37. The van der Waals surface area contributed by atoms with Crippen LogP contribution in [0.2, 0.25) is 0 Å². The second-order valence-corrected chi connectivity index (χ2v) is 5.30. The average Bonchev–Trinajstić information content (AvgIpc) is 2.98. The van der Waals surface area contributed by atoms with Gasteiger partial charge in [-0.05, 0) is 24.5 Å². The number of imidazole rings is 1. The van der Waals surface area contributed by atoms with E-state index in [1.165, 1.54) is 0 Å². The van der Waals surface area contributed by atoms with Crippen molar-refractivity contribution < 1.29 is 9.90 Å². The van der Waals surface area contributed by atoms with Crippen LogP contribution in [0.5, 0.6) is 0 Å². The van der Waals surface area contributed by atoms with E-state index in [1.54, 1.807) is 19.4 Å². The van der Waals surface area contributed by atoms with Crippen molar-refractivity contribution >= 4 is 6.03 Å². The topological polar surface area (TPSA) is 79.2 Å². The van der Waals surface area contributed by atoms with Gasteiger partial charge in [0.25, 0.3) is 0 Å². The summed E-state index contributed by atoms with van der Waals surface area (Å²) in [7, 11) is 0. The summed E-state index contributed by atoms with van der Waals surface area (Å²) in [5.41, 5.74) is 2.20. The van der Waals surface area contributed by atoms with Gasteiger partial charge in [0.15, 0.2) is 0 Å². The Hall–Kier alpha value is -2.34. The van der Waals surface area contributed by atoms with E-state index in [0.717, 1.165) is 17.7 Å². The van der Waals surface area contributed by atoms with Crippen molar-refractivity contribution in [2.24, 2.45) is 0 Å². The number of amides is 2. The SMILES string of the molecule is CC(O)CCNC(=O)NCc1cccc(Cn2ccnc2)c1. The number of carbonyl (C=O) groups is 1. The minimum absolute atomic E-state index is 0.222. The molecule has 0 fully saturated rings. The molecule has 118 valence electrons. The van der Waals surface area contributed by atoms with Gasteiger partial charge in [0.1, 0.15) is 0 Å². The smallest absolute Gasteiger partial charge is 0.315 e. The van der Waals surface area contributed by atoms with Gasteiger partial charge in [0.2, 0.25) is 0 Å². The van der Waals surface area contributed by atoms with Gasteiger partial charge in [-0.2, -0.15) is 0 Å². The molecule has 0 radical (unpaired) electrons. The van der Waals surface area contributed by atoms with E-state index in [2.05, 4.69) is 21.7 Å². The number of hydrogen-bond donors (Lipinski definition) is 3. The molecule has 0 aliphatic rings. The summed E-state index contributed by atoms with van der Waals surface area (Å²) < 4.78 is 2.00. The van der Waals surface area contributed by atoms with Crippen molar-refractivity contribution in [3.8, 4) is 0 Å². The molecule has 2 amide bonds. The van der Waals surface area contributed by atoms with Crippen molar-refractivity contribution in [1.82, 2.24) is 20.2 Å². The number of aliphatic hydroxyl groups excluding tert-OH is 1. The lowest BCUT2D eigenvalue weighted by Crippen LogP contribution is -2.36. The second-order valence-electron chi connectivity index (χ2n) is 5.30. The van der Waals surface area contributed by atoms with Crippen LogP contribution in [0.1, 0.15) is 24.5 Å². The van der Waals surface area contributed by atoms with E-state index >= 15 is 0 Å². The number of rotatable bonds is 7. The highest BCUT2D eigenvalue weighted by molar-refractivity contribution is 5.73. The van der Waals surface area contributed by atoms with Crippen LogP contribution in [0.3, 0.4) is 0 Å². The van der Waals surface area contributed by atoms with Crippen LogP contribution in [0.25, 0.3) is 0 Å². The van der Waals surface area contributed by atoms with Crippen molar-refractivity contribution in [3.63, 3.8) is 0 Å². The van der Waals surface area contributed by atoms with Gasteiger partial charge in [0.05, 0.1) is 12.4 Å². The van der Waals surface area contributed by atoms with E-state index in [9.17, 15) is 4.79 Å². The molecule has 0 saturated carbocycles. The number of hydrogen-bond acceptors (Lipinski definition) is 3. The highest BCUT2D eigenvalue weighted by atomic mass is 16.3. The van der Waals surface area contributed by atoms with E-state index in [1.807, 2.05) is 29.0 Å². The van der Waals surface area contributed by atoms with Crippen LogP contribution in [-0.2, 0) is 13.1 Å². The van der Waals surface area contributed by atoms with Crippen molar-refractivity contribution in [2.75, 3.05) is 6.54 Å². The third kappa shape index (κ3) is 5.57. The Morgan fingerprint density at radius 3 is 2.91 bits per heavy atom. The summed E-state index contributed by atoms with van der Waals surface area (Å²) in [4.78, 5) is 15.6. The molecule has 0 bridgehead atoms. The van der Waals surface area contributed by atoms with Gasteiger partial charge >= 0.3 is 6.03 Å². The van der Waals surface area contributed by atoms with E-state index in [4.69, 9.17) is 5.11 Å². The molecule has 3 N–H and O–H groups in total. The number of aliphatic hydroxyl groups is 1. The highest BCUT2D eigenvalue weighted by Crippen LogP contribution is 2.07. The molecule has 6 nitrogen and oxygen atoms in total. The zero-order chi connectivity index (χ0) is 15.8. The number of urea groups is 1. The quantitative estimate of drug-likeness (QED) is 0.725. The standard InChI is InChI=1S/C16H22N4O2/c1-13(21)5-6-18-16(22)19-10-14-3-2-4-15(9-14)11-20-8-7-17-12-20/h2-4,7-9,12-13,21H,5-6,10-11H2,1H3,(H2,18,19,22). The van der Waals surface area contributed by atoms with E-state index < -0.39 is 6.10 Å². The maximum atomic E-state index is 11.6. The fourth-order valence-electron chi connectivity index (χ4n) is 2.07. The van der Waals surface area contributed by atoms with Gasteiger partial charge in [-0.25, -0.2) is 9.78 Å². The summed E-state index contributed by atoms with van der Waals surface area (Å²) in [5.74, 6) is 0. The molecule has 0 saturated heterocycles. The van der Waals surface area contributed by atoms with E-state index in [-0.39, 0.29) is 6.03 Å². The van der Waals surface area contributed by atoms with Crippen LogP contribution in [0, 0.1) is 0 Å². The predicted molar refractivity (Wildman–Crippen MR) is 84.3 cm³/mol. The second kappa shape index (κ2) is 8.19. The molecule has 22 heavy (non-hydrogen) atoms. The zero-order valence-corrected chi connectivity index (χ0v) is 12.7. The van der Waals surface area contributed by atoms with E-state index in [0.29, 0.717) is 19.5 Å². The largest absolute Gasteiger partial charge is 0.393 e. The molecular formula is C16H22N4O2. The third-order valence-electron chi connectivity index (χ3n) is 3.22. The summed E-state index contributed by atoms with van der Waals surface area (Å²) in [5, 5.41) is 14.7. The van der Waals surface area contributed by atoms with Gasteiger partial charge in [-0.1, -0.05) is 24.3 Å². The zero-order valence-electron chi connectivity index (χ0n) is 12.7. The molecule has 0 spiro atoms. The molecule has 0 aliphatic carbocycles. The maximum Gasteiger partial charge on any atom is 0.315 e. The Labute approximate surface area is 130 Å². The molecule has 2 rings (SSSR count). The number of benzene rings is 1. The average molecular weight is 302 g/mol. The fraction of sp³-hybridized carbons (Fsp3) is 0.375. The Kier molecular flexibility index (Phi) is 5.97. The first kappa shape index (κ1) is 16.0. The molecule has 1 atom stereocenters. The molecule has 6 heteroatoms. The maximum absolute atomic E-state index is 11.6. The summed E-state index contributed by atoms with van der Waals surface area (Å²) >= 11 is 0. The molecular weight excluding hydrogens is 280 g/mol. The van der Waals surface area contributed by atoms with Crippen molar-refractivity contribution in [1.29, 1.82) is 0 Å². The Bertz CT molecular complexity index is 582. The first-order valence-electron chi connectivity index (χ1n) is 7.37. The van der Waals surface area contributed by atoms with Crippen molar-refractivity contribution in [3.05, 3.63) is 54.1 Å². The minimum atomic E-state index is -0.403. The van der Waals surface area contributed by atoms with Crippen LogP contribution in [0.4, 0.5) is 4.79 Å². The number of nitrogens with one attached hydrogen (secondary N) is 2. The lowest BCUT2D eigenvalue weighted by molar-refractivity contribution is 0.183. The lowest BCUT2D eigenvalue weighted by atomic mass is 10.1. The summed E-state index contributed by atoms with van der Waals surface area (Å²) in [6.45, 7) is 3.39. The fourth-order valence-corrected chi connectivity index (χ4v) is 2.07. The number of carbonyl (C=O) groups excluding carboxylic acids is 1. The molecule has 1 heterocycles. The van der Waals surface area contributed by atoms with Gasteiger partial charge in [-0.3, -0.25) is 0 Å². The van der Waals surface area contributed by atoms with Gasteiger partial charge in [0, 0.05) is 32.0 Å². The molecule has 1 aromatic heterocycles. The van der Waals surface area contributed by atoms with Crippen LogP contribution < -0.4 is 10.6 Å². The predicted octanol–water partition coefficient (Wildman–Crippen LogP) is 1.50. The molecule has 1 aromatic carbocycles. The Morgan fingerprint density at radius 2 is 2.18 bits per heavy atom. The van der Waals surface area contributed by atoms with Gasteiger partial charge < -0.3 is 20.3 Å². The van der Waals surface area contributed by atoms with Crippen molar-refractivity contribution in [2.45, 2.75) is 32.5 Å². The van der Waals surface area contributed by atoms with Crippen LogP contribution in [0.15, 0.2) is 43.0 Å². The van der Waals surface area contributed by atoms with Crippen LogP contribution in [-0.4, -0.2) is 33.3 Å². The molecule has 1 unspecified atom stereocenters. The number of nitrogens with zero attached hydrogens (tertiary/aromatic N) is 2. The lowest BCUT2D eigenvalue weighted by Gasteiger charge is -2.10. The summed E-state index contributed by atoms with van der Waals surface area (Å²) in [6.07, 6.45) is 5.60. The Morgan fingerprint density at radius 1 is 1.36 bits per heavy atom. The first-order chi connectivity index (χ1) is 10.6. The van der Waals surface area contributed by atoms with Gasteiger partial charge in [-0.15, -0.1) is 0 Å². The summed E-state index contributed by atoms with van der Waals surface area (Å²) in [6, 6.07) is 7.85. The Balaban J connectivity index is 1.79. The highest BCUT2D eigenvalue weighted by Gasteiger charge is 2.02. The normalized spacial score (nSPS) is 11.9. The third-order valence-corrected chi connectivity index (χ3v) is 3.22. The van der Waals surface area contributed by atoms with Crippen LogP contribution >= 0.6 is 0 Å². The number of aromatic nitrogens is 2. The monoisotopic (exact) mass is 302 g/mol. The molecule has 0 aliphatic heterocycles.